The Morgan fingerprint density at radius 1 is 0.929 bits per heavy atom. The summed E-state index contributed by atoms with van der Waals surface area (Å²) in [5.41, 5.74) is 3.16. The molecule has 0 aromatic heterocycles. The molecular formula is C22H26N2O4. The van der Waals surface area contributed by atoms with Gasteiger partial charge in [-0.15, -0.1) is 0 Å². The number of ether oxygens (including phenoxy) is 2. The molecule has 1 amide bonds. The minimum absolute atomic E-state index is 0.173. The maximum absolute atomic E-state index is 12.3. The molecule has 1 heterocycles. The summed E-state index contributed by atoms with van der Waals surface area (Å²) in [6, 6.07) is 15.9. The van der Waals surface area contributed by atoms with Gasteiger partial charge in [-0.1, -0.05) is 30.3 Å². The fourth-order valence-corrected chi connectivity index (χ4v) is 3.13. The van der Waals surface area contributed by atoms with Crippen LogP contribution in [0.2, 0.25) is 0 Å². The highest BCUT2D eigenvalue weighted by atomic mass is 16.6. The maximum Gasteiger partial charge on any atom is 0.344 e. The van der Waals surface area contributed by atoms with E-state index in [2.05, 4.69) is 17.0 Å². The standard InChI is InChI=1S/C22H26N2O4/c1-17-8-9-18(2)20(14-17)27-16-22(26)28-15-21(25)24-12-10-23(11-13-24)19-6-4-3-5-7-19/h3-9,14H,10-13,15-16H2,1-2H3. The van der Waals surface area contributed by atoms with Gasteiger partial charge in [-0.2, -0.15) is 0 Å². The molecule has 1 fully saturated rings. The van der Waals surface area contributed by atoms with Crippen molar-refractivity contribution in [1.29, 1.82) is 0 Å². The number of para-hydroxylation sites is 1. The lowest BCUT2D eigenvalue weighted by Crippen LogP contribution is -2.50. The molecular weight excluding hydrogens is 356 g/mol. The van der Waals surface area contributed by atoms with Gasteiger partial charge in [-0.3, -0.25) is 4.79 Å². The van der Waals surface area contributed by atoms with Crippen LogP contribution in [0.5, 0.6) is 5.75 Å². The molecule has 6 nitrogen and oxygen atoms in total. The first-order valence-electron chi connectivity index (χ1n) is 9.46. The number of carbonyl (C=O) groups is 2. The number of benzene rings is 2. The van der Waals surface area contributed by atoms with Crippen molar-refractivity contribution in [2.24, 2.45) is 0 Å². The summed E-state index contributed by atoms with van der Waals surface area (Å²) in [6.07, 6.45) is 0. The zero-order valence-corrected chi connectivity index (χ0v) is 16.4. The number of rotatable bonds is 6. The van der Waals surface area contributed by atoms with Crippen molar-refractivity contribution in [3.8, 4) is 5.75 Å². The highest BCUT2D eigenvalue weighted by molar-refractivity contribution is 5.81. The first-order chi connectivity index (χ1) is 13.5. The van der Waals surface area contributed by atoms with Gasteiger partial charge >= 0.3 is 5.97 Å². The summed E-state index contributed by atoms with van der Waals surface area (Å²) in [5.74, 6) is -0.0646. The average Bonchev–Trinajstić information content (AvgIpc) is 2.73. The molecule has 0 N–H and O–H groups in total. The third-order valence-electron chi connectivity index (χ3n) is 4.80. The van der Waals surface area contributed by atoms with Gasteiger partial charge in [-0.25, -0.2) is 4.79 Å². The van der Waals surface area contributed by atoms with Crippen LogP contribution in [0.15, 0.2) is 48.5 Å². The summed E-state index contributed by atoms with van der Waals surface area (Å²) in [6.45, 7) is 6.17. The van der Waals surface area contributed by atoms with Gasteiger partial charge in [0.15, 0.2) is 13.2 Å². The first kappa shape index (κ1) is 19.7. The molecule has 0 aliphatic carbocycles. The van der Waals surface area contributed by atoms with Crippen molar-refractivity contribution >= 4 is 17.6 Å². The number of hydrogen-bond donors (Lipinski definition) is 0. The van der Waals surface area contributed by atoms with Crippen LogP contribution < -0.4 is 9.64 Å². The second kappa shape index (κ2) is 9.26. The van der Waals surface area contributed by atoms with E-state index in [1.165, 1.54) is 0 Å². The molecule has 1 aliphatic rings. The number of esters is 1. The zero-order valence-electron chi connectivity index (χ0n) is 16.4. The smallest absolute Gasteiger partial charge is 0.344 e. The van der Waals surface area contributed by atoms with Crippen molar-refractivity contribution in [3.05, 3.63) is 59.7 Å². The van der Waals surface area contributed by atoms with Gasteiger partial charge in [0.25, 0.3) is 5.91 Å². The van der Waals surface area contributed by atoms with E-state index in [1.807, 2.05) is 50.2 Å². The van der Waals surface area contributed by atoms with Crippen LogP contribution in [0.1, 0.15) is 11.1 Å². The number of hydrogen-bond acceptors (Lipinski definition) is 5. The second-order valence-corrected chi connectivity index (χ2v) is 6.92. The van der Waals surface area contributed by atoms with Crippen LogP contribution in [0, 0.1) is 13.8 Å². The van der Waals surface area contributed by atoms with Crippen molar-refractivity contribution in [2.45, 2.75) is 13.8 Å². The normalized spacial score (nSPS) is 13.9. The Kier molecular flexibility index (Phi) is 6.53. The molecule has 2 aromatic rings. The SMILES string of the molecule is Cc1ccc(C)c(OCC(=O)OCC(=O)N2CCN(c3ccccc3)CC2)c1. The van der Waals surface area contributed by atoms with Gasteiger partial charge in [-0.05, 0) is 43.2 Å². The van der Waals surface area contributed by atoms with Gasteiger partial charge in [0.1, 0.15) is 5.75 Å². The number of piperazine rings is 1. The van der Waals surface area contributed by atoms with Crippen molar-refractivity contribution < 1.29 is 19.1 Å². The number of carbonyl (C=O) groups excluding carboxylic acids is 2. The van der Waals surface area contributed by atoms with E-state index < -0.39 is 5.97 Å². The molecule has 0 bridgehead atoms. The van der Waals surface area contributed by atoms with E-state index in [0.717, 1.165) is 29.9 Å². The third kappa shape index (κ3) is 5.25. The van der Waals surface area contributed by atoms with Crippen LogP contribution in [0.4, 0.5) is 5.69 Å². The van der Waals surface area contributed by atoms with Gasteiger partial charge < -0.3 is 19.3 Å². The molecule has 0 spiro atoms. The fraction of sp³-hybridized carbons (Fsp3) is 0.364. The van der Waals surface area contributed by atoms with Crippen LogP contribution in [0.3, 0.4) is 0 Å². The average molecular weight is 382 g/mol. The lowest BCUT2D eigenvalue weighted by atomic mass is 10.1. The summed E-state index contributed by atoms with van der Waals surface area (Å²) in [7, 11) is 0. The van der Waals surface area contributed by atoms with Crippen LogP contribution in [0.25, 0.3) is 0 Å². The van der Waals surface area contributed by atoms with Gasteiger partial charge in [0.2, 0.25) is 0 Å². The van der Waals surface area contributed by atoms with Crippen molar-refractivity contribution in [1.82, 2.24) is 4.90 Å². The molecule has 0 unspecified atom stereocenters. The Bertz CT molecular complexity index is 815. The third-order valence-corrected chi connectivity index (χ3v) is 4.80. The summed E-state index contributed by atoms with van der Waals surface area (Å²) >= 11 is 0. The largest absolute Gasteiger partial charge is 0.482 e. The number of amides is 1. The van der Waals surface area contributed by atoms with E-state index >= 15 is 0 Å². The molecule has 0 radical (unpaired) electrons. The topological polar surface area (TPSA) is 59.1 Å². The Morgan fingerprint density at radius 3 is 2.36 bits per heavy atom. The minimum atomic E-state index is -0.544. The molecule has 6 heteroatoms. The van der Waals surface area contributed by atoms with Crippen molar-refractivity contribution in [2.75, 3.05) is 44.3 Å². The second-order valence-electron chi connectivity index (χ2n) is 6.92. The predicted octanol–water partition coefficient (Wildman–Crippen LogP) is 2.57. The van der Waals surface area contributed by atoms with Crippen LogP contribution in [-0.2, 0) is 14.3 Å². The molecule has 2 aromatic carbocycles. The number of aryl methyl sites for hydroxylation is 2. The quantitative estimate of drug-likeness (QED) is 0.719. The van der Waals surface area contributed by atoms with Crippen LogP contribution >= 0.6 is 0 Å². The summed E-state index contributed by atoms with van der Waals surface area (Å²) < 4.78 is 10.6. The Labute approximate surface area is 165 Å². The summed E-state index contributed by atoms with van der Waals surface area (Å²) in [4.78, 5) is 28.2. The Hall–Kier alpha value is -3.02. The Morgan fingerprint density at radius 2 is 1.64 bits per heavy atom. The maximum atomic E-state index is 12.3. The highest BCUT2D eigenvalue weighted by Crippen LogP contribution is 2.19. The molecule has 0 atom stereocenters. The summed E-state index contributed by atoms with van der Waals surface area (Å²) in [5, 5.41) is 0. The number of nitrogens with zero attached hydrogens (tertiary/aromatic N) is 2. The zero-order chi connectivity index (χ0) is 19.9. The lowest BCUT2D eigenvalue weighted by Gasteiger charge is -2.36. The van der Waals surface area contributed by atoms with E-state index in [0.29, 0.717) is 18.8 Å². The monoisotopic (exact) mass is 382 g/mol. The molecule has 28 heavy (non-hydrogen) atoms. The number of anilines is 1. The van der Waals surface area contributed by atoms with E-state index in [-0.39, 0.29) is 19.1 Å². The Balaban J connectivity index is 1.39. The van der Waals surface area contributed by atoms with Gasteiger partial charge in [0, 0.05) is 31.9 Å². The van der Waals surface area contributed by atoms with Crippen LogP contribution in [-0.4, -0.2) is 56.2 Å². The highest BCUT2D eigenvalue weighted by Gasteiger charge is 2.22. The van der Waals surface area contributed by atoms with Crippen molar-refractivity contribution in [3.63, 3.8) is 0 Å². The molecule has 3 rings (SSSR count). The fourth-order valence-electron chi connectivity index (χ4n) is 3.13. The molecule has 1 aliphatic heterocycles. The molecule has 148 valence electrons. The molecule has 0 saturated carbocycles. The molecule has 1 saturated heterocycles. The van der Waals surface area contributed by atoms with E-state index in [1.54, 1.807) is 4.90 Å². The first-order valence-corrected chi connectivity index (χ1v) is 9.46. The van der Waals surface area contributed by atoms with Gasteiger partial charge in [0.05, 0.1) is 0 Å². The predicted molar refractivity (Wildman–Crippen MR) is 108 cm³/mol. The lowest BCUT2D eigenvalue weighted by molar-refractivity contribution is -0.153. The van der Waals surface area contributed by atoms with E-state index in [4.69, 9.17) is 9.47 Å². The van der Waals surface area contributed by atoms with E-state index in [9.17, 15) is 9.59 Å². The minimum Gasteiger partial charge on any atom is -0.482 e.